The molecule has 3 N–H and O–H groups in total. The average molecular weight is 482 g/mol. The number of carbonyl (C=O) groups excluding carboxylic acids is 1. The highest BCUT2D eigenvalue weighted by Crippen LogP contribution is 2.35. The first-order chi connectivity index (χ1) is 16.4. The van der Waals surface area contributed by atoms with Crippen LogP contribution in [0.3, 0.4) is 0 Å². The van der Waals surface area contributed by atoms with E-state index < -0.39 is 5.91 Å². The highest BCUT2D eigenvalue weighted by atomic mass is 35.5. The Kier molecular flexibility index (Phi) is 6.50. The highest BCUT2D eigenvalue weighted by Gasteiger charge is 2.20. The number of hydrogen-bond acceptors (Lipinski definition) is 11. The van der Waals surface area contributed by atoms with Crippen molar-refractivity contribution in [1.82, 2.24) is 35.6 Å². The first-order valence-electron chi connectivity index (χ1n) is 9.99. The maximum atomic E-state index is 12.4. The lowest BCUT2D eigenvalue weighted by Crippen LogP contribution is -2.21. The molecule has 4 heterocycles. The molecule has 0 aliphatic rings. The second kappa shape index (κ2) is 9.67. The standard InChI is InChI=1S/C21H20ClN9O3/c1-10-7-15(25-9-13(10)22)28-16-8-14(17(30-29-16)21(32)23-3)27-20-18(33-4)12(5-6-24-20)19-26-11(2)34-31-19/h5-9H,1-4H3,(H,23,32)(H2,24,25,27,28,29). The van der Waals surface area contributed by atoms with Gasteiger partial charge >= 0.3 is 0 Å². The van der Waals surface area contributed by atoms with Gasteiger partial charge in [-0.1, -0.05) is 16.8 Å². The Morgan fingerprint density at radius 1 is 1.12 bits per heavy atom. The lowest BCUT2D eigenvalue weighted by atomic mass is 10.2. The van der Waals surface area contributed by atoms with Gasteiger partial charge in [-0.15, -0.1) is 10.2 Å². The molecular weight excluding hydrogens is 462 g/mol. The minimum absolute atomic E-state index is 0.0537. The molecular formula is C21H20ClN9O3. The maximum absolute atomic E-state index is 12.4. The second-order valence-corrected chi connectivity index (χ2v) is 7.42. The molecule has 0 spiro atoms. The van der Waals surface area contributed by atoms with Crippen LogP contribution in [-0.4, -0.2) is 50.4 Å². The summed E-state index contributed by atoms with van der Waals surface area (Å²) in [5.74, 6) is 1.83. The number of methoxy groups -OCH3 is 1. The molecule has 13 heteroatoms. The fraction of sp³-hybridized carbons (Fsp3) is 0.190. The molecule has 4 aromatic heterocycles. The normalized spacial score (nSPS) is 10.6. The molecule has 0 fully saturated rings. The first-order valence-corrected chi connectivity index (χ1v) is 10.4. The summed E-state index contributed by atoms with van der Waals surface area (Å²) in [5, 5.41) is 21.3. The van der Waals surface area contributed by atoms with Crippen molar-refractivity contribution in [3.8, 4) is 17.1 Å². The Hall–Kier alpha value is -4.32. The lowest BCUT2D eigenvalue weighted by Gasteiger charge is -2.15. The zero-order valence-electron chi connectivity index (χ0n) is 18.7. The number of ether oxygens (including phenoxy) is 1. The predicted octanol–water partition coefficient (Wildman–Crippen LogP) is 3.44. The number of halogens is 1. The molecule has 12 nitrogen and oxygen atoms in total. The number of amides is 1. The Balaban J connectivity index is 1.73. The summed E-state index contributed by atoms with van der Waals surface area (Å²) in [5.41, 5.74) is 1.78. The second-order valence-electron chi connectivity index (χ2n) is 7.02. The van der Waals surface area contributed by atoms with Crippen LogP contribution >= 0.6 is 11.6 Å². The quantitative estimate of drug-likeness (QED) is 0.355. The van der Waals surface area contributed by atoms with E-state index in [-0.39, 0.29) is 5.69 Å². The lowest BCUT2D eigenvalue weighted by molar-refractivity contribution is 0.0958. The summed E-state index contributed by atoms with van der Waals surface area (Å²) in [7, 11) is 2.99. The predicted molar refractivity (Wildman–Crippen MR) is 125 cm³/mol. The van der Waals surface area contributed by atoms with E-state index in [9.17, 15) is 4.79 Å². The van der Waals surface area contributed by atoms with Gasteiger partial charge in [0.15, 0.2) is 23.1 Å². The van der Waals surface area contributed by atoms with Gasteiger partial charge in [-0.05, 0) is 24.6 Å². The van der Waals surface area contributed by atoms with Crippen LogP contribution in [-0.2, 0) is 0 Å². The highest BCUT2D eigenvalue weighted by molar-refractivity contribution is 6.31. The third kappa shape index (κ3) is 4.71. The van der Waals surface area contributed by atoms with E-state index in [1.807, 2.05) is 6.92 Å². The van der Waals surface area contributed by atoms with E-state index in [0.717, 1.165) is 5.56 Å². The van der Waals surface area contributed by atoms with Gasteiger partial charge in [0.2, 0.25) is 11.7 Å². The van der Waals surface area contributed by atoms with Gasteiger partial charge in [0, 0.05) is 32.4 Å². The fourth-order valence-corrected chi connectivity index (χ4v) is 3.13. The molecule has 0 aliphatic heterocycles. The van der Waals surface area contributed by atoms with Crippen LogP contribution in [0, 0.1) is 13.8 Å². The smallest absolute Gasteiger partial charge is 0.273 e. The first kappa shape index (κ1) is 22.9. The SMILES string of the molecule is CNC(=O)c1nnc(Nc2cc(C)c(Cl)cn2)cc1Nc1nccc(-c2noc(C)n2)c1OC. The molecule has 0 aromatic carbocycles. The third-order valence-electron chi connectivity index (χ3n) is 4.67. The monoisotopic (exact) mass is 481 g/mol. The van der Waals surface area contributed by atoms with Crippen LogP contribution < -0.4 is 20.7 Å². The van der Waals surface area contributed by atoms with Crippen molar-refractivity contribution < 1.29 is 14.1 Å². The van der Waals surface area contributed by atoms with Gasteiger partial charge in [0.25, 0.3) is 5.91 Å². The molecule has 1 amide bonds. The molecule has 0 saturated heterocycles. The summed E-state index contributed by atoms with van der Waals surface area (Å²) in [6, 6.07) is 5.07. The minimum atomic E-state index is -0.439. The summed E-state index contributed by atoms with van der Waals surface area (Å²) in [6.45, 7) is 3.55. The summed E-state index contributed by atoms with van der Waals surface area (Å²) < 4.78 is 10.6. The van der Waals surface area contributed by atoms with Crippen molar-refractivity contribution >= 4 is 40.6 Å². The van der Waals surface area contributed by atoms with Crippen LogP contribution in [0.15, 0.2) is 35.1 Å². The van der Waals surface area contributed by atoms with Crippen LogP contribution in [0.2, 0.25) is 5.02 Å². The van der Waals surface area contributed by atoms with Crippen molar-refractivity contribution in [2.24, 2.45) is 0 Å². The van der Waals surface area contributed by atoms with Gasteiger partial charge < -0.3 is 25.2 Å². The van der Waals surface area contributed by atoms with Crippen LogP contribution in [0.25, 0.3) is 11.4 Å². The molecule has 0 radical (unpaired) electrons. The van der Waals surface area contributed by atoms with Crippen molar-refractivity contribution in [1.29, 1.82) is 0 Å². The Labute approximate surface area is 199 Å². The molecule has 34 heavy (non-hydrogen) atoms. The fourth-order valence-electron chi connectivity index (χ4n) is 3.03. The number of hydrogen-bond donors (Lipinski definition) is 3. The molecule has 4 rings (SSSR count). The molecule has 4 aromatic rings. The maximum Gasteiger partial charge on any atom is 0.273 e. The van der Waals surface area contributed by atoms with E-state index in [4.69, 9.17) is 20.9 Å². The van der Waals surface area contributed by atoms with Crippen molar-refractivity contribution in [2.45, 2.75) is 13.8 Å². The molecule has 0 unspecified atom stereocenters. The van der Waals surface area contributed by atoms with E-state index >= 15 is 0 Å². The van der Waals surface area contributed by atoms with E-state index in [1.165, 1.54) is 20.4 Å². The molecule has 174 valence electrons. The Morgan fingerprint density at radius 2 is 1.94 bits per heavy atom. The zero-order valence-corrected chi connectivity index (χ0v) is 19.4. The van der Waals surface area contributed by atoms with Gasteiger partial charge in [-0.25, -0.2) is 9.97 Å². The van der Waals surface area contributed by atoms with E-state index in [2.05, 4.69) is 46.3 Å². The number of aromatic nitrogens is 6. The van der Waals surface area contributed by atoms with Crippen molar-refractivity contribution in [3.63, 3.8) is 0 Å². The van der Waals surface area contributed by atoms with Gasteiger partial charge in [0.1, 0.15) is 5.82 Å². The molecule has 0 atom stereocenters. The largest absolute Gasteiger partial charge is 0.492 e. The van der Waals surface area contributed by atoms with Crippen LogP contribution in [0.5, 0.6) is 5.75 Å². The average Bonchev–Trinajstić information content (AvgIpc) is 3.27. The van der Waals surface area contributed by atoms with Crippen LogP contribution in [0.1, 0.15) is 21.9 Å². The summed E-state index contributed by atoms with van der Waals surface area (Å²) in [6.07, 6.45) is 3.09. The van der Waals surface area contributed by atoms with Gasteiger partial charge in [0.05, 0.1) is 23.4 Å². The number of aryl methyl sites for hydroxylation is 2. The van der Waals surface area contributed by atoms with E-state index in [0.29, 0.717) is 51.2 Å². The van der Waals surface area contributed by atoms with Gasteiger partial charge in [-0.2, -0.15) is 4.98 Å². The summed E-state index contributed by atoms with van der Waals surface area (Å²) in [4.78, 5) is 25.3. The topological polar surface area (TPSA) is 153 Å². The van der Waals surface area contributed by atoms with Crippen molar-refractivity contribution in [2.75, 3.05) is 24.8 Å². The number of rotatable bonds is 7. The molecule has 0 aliphatic carbocycles. The van der Waals surface area contributed by atoms with Gasteiger partial charge in [-0.3, -0.25) is 4.79 Å². The van der Waals surface area contributed by atoms with Crippen LogP contribution in [0.4, 0.5) is 23.1 Å². The van der Waals surface area contributed by atoms with E-state index in [1.54, 1.807) is 31.3 Å². The zero-order chi connectivity index (χ0) is 24.2. The Morgan fingerprint density at radius 3 is 2.62 bits per heavy atom. The number of pyridine rings is 2. The number of anilines is 4. The van der Waals surface area contributed by atoms with Crippen molar-refractivity contribution in [3.05, 3.63) is 52.8 Å². The number of carbonyl (C=O) groups is 1. The third-order valence-corrected chi connectivity index (χ3v) is 5.07. The Bertz CT molecular complexity index is 1360. The molecule has 0 bridgehead atoms. The number of nitrogens with one attached hydrogen (secondary N) is 3. The number of nitrogens with zero attached hydrogens (tertiary/aromatic N) is 6. The molecule has 0 saturated carbocycles. The minimum Gasteiger partial charge on any atom is -0.492 e. The summed E-state index contributed by atoms with van der Waals surface area (Å²) >= 11 is 6.05.